The fourth-order valence-electron chi connectivity index (χ4n) is 8.05. The maximum absolute atomic E-state index is 10.7. The molecule has 6 atom stereocenters. The lowest BCUT2D eigenvalue weighted by Crippen LogP contribution is -2.52. The molecule has 0 aromatic carbocycles. The number of aliphatic hydroxyl groups is 2. The average molecular weight is 357 g/mol. The van der Waals surface area contributed by atoms with Crippen LogP contribution in [-0.2, 0) is 12.8 Å². The average Bonchev–Trinajstić information content (AvgIpc) is 2.97. The summed E-state index contributed by atoms with van der Waals surface area (Å²) in [5.74, 6) is 0.779. The molecular weight excluding hydrogens is 324 g/mol. The standard InChI is InChI=1S/C22H32N2O2/c1-14-4-5-18-19(14,2)6-7-22(12-21(18,22)13-26)20(3)9-15-10-23-24-17(15)8-16(20)11-25/h10,16,18,25-26H,1,4-9,11-13H2,2-3H3,(H,23,24)/t16-,18-,19-,20+,21?,22+/m1/s1. The first-order valence-corrected chi connectivity index (χ1v) is 10.3. The fraction of sp³-hybridized carbons (Fsp3) is 0.773. The second-order valence-corrected chi connectivity index (χ2v) is 10.2. The van der Waals surface area contributed by atoms with Crippen LogP contribution in [0.1, 0.15) is 57.2 Å². The lowest BCUT2D eigenvalue weighted by molar-refractivity contribution is -0.0744. The second-order valence-electron chi connectivity index (χ2n) is 10.2. The molecule has 4 aliphatic rings. The monoisotopic (exact) mass is 356 g/mol. The number of aromatic nitrogens is 2. The van der Waals surface area contributed by atoms with Crippen LogP contribution in [0.2, 0.25) is 0 Å². The maximum Gasteiger partial charge on any atom is 0.0522 e. The van der Waals surface area contributed by atoms with Crippen molar-refractivity contribution in [3.05, 3.63) is 29.6 Å². The summed E-state index contributed by atoms with van der Waals surface area (Å²) >= 11 is 0. The Morgan fingerprint density at radius 1 is 1.31 bits per heavy atom. The first kappa shape index (κ1) is 17.0. The van der Waals surface area contributed by atoms with Crippen LogP contribution in [-0.4, -0.2) is 33.6 Å². The van der Waals surface area contributed by atoms with E-state index < -0.39 is 0 Å². The van der Waals surface area contributed by atoms with Crippen LogP contribution in [0, 0.1) is 33.5 Å². The molecule has 4 nitrogen and oxygen atoms in total. The van der Waals surface area contributed by atoms with Crippen LogP contribution in [0.3, 0.4) is 0 Å². The summed E-state index contributed by atoms with van der Waals surface area (Å²) in [7, 11) is 0. The van der Waals surface area contributed by atoms with E-state index in [2.05, 4.69) is 30.6 Å². The first-order chi connectivity index (χ1) is 12.4. The highest BCUT2D eigenvalue weighted by molar-refractivity contribution is 5.36. The Morgan fingerprint density at radius 2 is 2.12 bits per heavy atom. The van der Waals surface area contributed by atoms with Gasteiger partial charge in [-0.15, -0.1) is 0 Å². The molecule has 0 bridgehead atoms. The minimum absolute atomic E-state index is 0.0167. The van der Waals surface area contributed by atoms with Gasteiger partial charge in [0.25, 0.3) is 0 Å². The molecule has 1 aromatic rings. The number of allylic oxidation sites excluding steroid dienone is 1. The van der Waals surface area contributed by atoms with Crippen molar-refractivity contribution in [2.24, 2.45) is 33.5 Å². The van der Waals surface area contributed by atoms with Gasteiger partial charge in [0.15, 0.2) is 0 Å². The Kier molecular flexibility index (Phi) is 3.28. The highest BCUT2D eigenvalue weighted by atomic mass is 16.3. The van der Waals surface area contributed by atoms with Crippen LogP contribution >= 0.6 is 0 Å². The van der Waals surface area contributed by atoms with Crippen LogP contribution < -0.4 is 0 Å². The van der Waals surface area contributed by atoms with E-state index in [4.69, 9.17) is 0 Å². The molecule has 4 aliphatic carbocycles. The minimum atomic E-state index is 0.0167. The van der Waals surface area contributed by atoms with Crippen LogP contribution in [0.25, 0.3) is 0 Å². The van der Waals surface area contributed by atoms with E-state index in [0.29, 0.717) is 5.92 Å². The molecule has 0 spiro atoms. The van der Waals surface area contributed by atoms with Crippen LogP contribution in [0.4, 0.5) is 0 Å². The predicted molar refractivity (Wildman–Crippen MR) is 100 cm³/mol. The Hall–Kier alpha value is -1.13. The van der Waals surface area contributed by atoms with E-state index in [-0.39, 0.29) is 40.8 Å². The third-order valence-corrected chi connectivity index (χ3v) is 9.81. The largest absolute Gasteiger partial charge is 0.396 e. The van der Waals surface area contributed by atoms with Crippen molar-refractivity contribution < 1.29 is 10.2 Å². The summed E-state index contributed by atoms with van der Waals surface area (Å²) in [5.41, 5.74) is 4.29. The van der Waals surface area contributed by atoms with Gasteiger partial charge < -0.3 is 10.2 Å². The maximum atomic E-state index is 10.7. The molecule has 1 aromatic heterocycles. The van der Waals surface area contributed by atoms with Gasteiger partial charge in [-0.3, -0.25) is 5.10 Å². The predicted octanol–water partition coefficient (Wildman–Crippen LogP) is 3.26. The van der Waals surface area contributed by atoms with Crippen molar-refractivity contribution >= 4 is 0 Å². The molecule has 142 valence electrons. The molecule has 1 heterocycles. The van der Waals surface area contributed by atoms with Gasteiger partial charge in [-0.05, 0) is 78.6 Å². The van der Waals surface area contributed by atoms with Gasteiger partial charge in [0.05, 0.1) is 6.20 Å². The number of hydrogen-bond donors (Lipinski definition) is 3. The molecule has 5 rings (SSSR count). The lowest BCUT2D eigenvalue weighted by Gasteiger charge is -2.55. The number of rotatable bonds is 3. The van der Waals surface area contributed by atoms with Crippen molar-refractivity contribution in [1.29, 1.82) is 0 Å². The van der Waals surface area contributed by atoms with Gasteiger partial charge in [-0.2, -0.15) is 5.10 Å². The van der Waals surface area contributed by atoms with E-state index >= 15 is 0 Å². The number of aliphatic hydroxyl groups excluding tert-OH is 2. The molecule has 0 amide bonds. The molecule has 0 radical (unpaired) electrons. The normalized spacial score (nSPS) is 49.5. The SMILES string of the molecule is C=C1CC[C@H]2C3(CO)C[C@]3([C@@]3(C)Cc4cn[nH]c4C[C@@H]3CO)CC[C@]12C. The molecule has 0 saturated heterocycles. The summed E-state index contributed by atoms with van der Waals surface area (Å²) in [4.78, 5) is 0. The van der Waals surface area contributed by atoms with E-state index in [1.807, 2.05) is 6.20 Å². The van der Waals surface area contributed by atoms with Crippen molar-refractivity contribution in [3.8, 4) is 0 Å². The topological polar surface area (TPSA) is 69.1 Å². The summed E-state index contributed by atoms with van der Waals surface area (Å²) < 4.78 is 0. The van der Waals surface area contributed by atoms with Gasteiger partial charge in [-0.1, -0.05) is 26.0 Å². The van der Waals surface area contributed by atoms with Gasteiger partial charge in [0.2, 0.25) is 0 Å². The van der Waals surface area contributed by atoms with Crippen LogP contribution in [0.5, 0.6) is 0 Å². The number of H-pyrrole nitrogens is 1. The molecule has 3 N–H and O–H groups in total. The Labute approximate surface area is 156 Å². The number of fused-ring (bicyclic) bond motifs is 4. The van der Waals surface area contributed by atoms with Gasteiger partial charge in [0, 0.05) is 24.3 Å². The zero-order chi connectivity index (χ0) is 18.4. The molecular formula is C22H32N2O2. The van der Waals surface area contributed by atoms with Gasteiger partial charge >= 0.3 is 0 Å². The zero-order valence-electron chi connectivity index (χ0n) is 16.1. The number of hydrogen-bond acceptors (Lipinski definition) is 3. The molecule has 3 saturated carbocycles. The van der Waals surface area contributed by atoms with E-state index in [0.717, 1.165) is 32.1 Å². The van der Waals surface area contributed by atoms with Gasteiger partial charge in [-0.25, -0.2) is 0 Å². The van der Waals surface area contributed by atoms with Crippen molar-refractivity contribution in [3.63, 3.8) is 0 Å². The summed E-state index contributed by atoms with van der Waals surface area (Å²) in [6, 6.07) is 0. The van der Waals surface area contributed by atoms with E-state index in [1.54, 1.807) is 0 Å². The minimum Gasteiger partial charge on any atom is -0.396 e. The van der Waals surface area contributed by atoms with Crippen molar-refractivity contribution in [2.75, 3.05) is 13.2 Å². The highest BCUT2D eigenvalue weighted by Gasteiger charge is 2.81. The zero-order valence-corrected chi connectivity index (χ0v) is 16.1. The summed E-state index contributed by atoms with van der Waals surface area (Å²) in [6.45, 7) is 9.69. The Morgan fingerprint density at radius 3 is 2.85 bits per heavy atom. The van der Waals surface area contributed by atoms with Gasteiger partial charge in [0.1, 0.15) is 0 Å². The second kappa shape index (κ2) is 5.02. The van der Waals surface area contributed by atoms with Crippen molar-refractivity contribution in [2.45, 2.75) is 58.8 Å². The quantitative estimate of drug-likeness (QED) is 0.728. The molecule has 3 fully saturated rings. The molecule has 0 aliphatic heterocycles. The summed E-state index contributed by atoms with van der Waals surface area (Å²) in [6.07, 6.45) is 9.56. The number of aromatic amines is 1. The first-order valence-electron chi connectivity index (χ1n) is 10.3. The fourth-order valence-corrected chi connectivity index (χ4v) is 8.05. The third-order valence-electron chi connectivity index (χ3n) is 9.81. The third kappa shape index (κ3) is 1.67. The molecule has 1 unspecified atom stereocenters. The van der Waals surface area contributed by atoms with E-state index in [9.17, 15) is 10.2 Å². The van der Waals surface area contributed by atoms with Crippen molar-refractivity contribution in [1.82, 2.24) is 10.2 Å². The molecule has 26 heavy (non-hydrogen) atoms. The Balaban J connectivity index is 1.59. The number of nitrogens with one attached hydrogen (secondary N) is 1. The number of nitrogens with zero attached hydrogens (tertiary/aromatic N) is 1. The Bertz CT molecular complexity index is 772. The smallest absolute Gasteiger partial charge is 0.0522 e. The highest BCUT2D eigenvalue weighted by Crippen LogP contribution is 2.85. The lowest BCUT2D eigenvalue weighted by atomic mass is 9.49. The van der Waals surface area contributed by atoms with E-state index in [1.165, 1.54) is 29.7 Å². The summed E-state index contributed by atoms with van der Waals surface area (Å²) in [5, 5.41) is 28.3. The van der Waals surface area contributed by atoms with Crippen LogP contribution in [0.15, 0.2) is 18.3 Å². The molecule has 4 heteroatoms.